The van der Waals surface area contributed by atoms with Gasteiger partial charge in [-0.3, -0.25) is 4.18 Å². The second-order valence-corrected chi connectivity index (χ2v) is 6.97. The van der Waals surface area contributed by atoms with Gasteiger partial charge < -0.3 is 43.6 Å². The van der Waals surface area contributed by atoms with Crippen molar-refractivity contribution < 1.29 is 56.2 Å². The standard InChI is InChI=1S/C13H24O12S/c1-5-10(24-13-8(15)7(14)6(20-2)4-22-13)11(25-26(17,18)19)9(16)12(21-3)23-5/h5-16H,4H2,1-3H3,(H,17,18,19)/p-1. The predicted octanol–water partition coefficient (Wildman–Crippen LogP) is -2.94. The zero-order valence-corrected chi connectivity index (χ0v) is 15.1. The minimum absolute atomic E-state index is 0.115. The van der Waals surface area contributed by atoms with Gasteiger partial charge in [-0.15, -0.1) is 0 Å². The molecule has 9 atom stereocenters. The quantitative estimate of drug-likeness (QED) is 0.305. The van der Waals surface area contributed by atoms with Gasteiger partial charge in [0.25, 0.3) is 0 Å². The molecule has 12 nitrogen and oxygen atoms in total. The minimum atomic E-state index is -5.20. The zero-order chi connectivity index (χ0) is 19.6. The van der Waals surface area contributed by atoms with Crippen LogP contribution in [0.15, 0.2) is 0 Å². The van der Waals surface area contributed by atoms with Crippen LogP contribution in [0.25, 0.3) is 0 Å². The number of hydrogen-bond acceptors (Lipinski definition) is 12. The van der Waals surface area contributed by atoms with Crippen LogP contribution in [0.4, 0.5) is 0 Å². The highest BCUT2D eigenvalue weighted by Crippen LogP contribution is 2.30. The van der Waals surface area contributed by atoms with Crippen molar-refractivity contribution in [3.8, 4) is 0 Å². The van der Waals surface area contributed by atoms with Gasteiger partial charge in [-0.2, -0.15) is 0 Å². The van der Waals surface area contributed by atoms with Crippen LogP contribution >= 0.6 is 0 Å². The maximum atomic E-state index is 11.0. The molecule has 13 heteroatoms. The first kappa shape index (κ1) is 21.8. The normalized spacial score (nSPS) is 44.8. The molecule has 0 amide bonds. The van der Waals surface area contributed by atoms with Crippen molar-refractivity contribution in [2.45, 2.75) is 62.2 Å². The fourth-order valence-corrected chi connectivity index (χ4v) is 3.36. The lowest BCUT2D eigenvalue weighted by Gasteiger charge is -2.45. The molecule has 2 aliphatic rings. The van der Waals surface area contributed by atoms with E-state index < -0.39 is 65.7 Å². The molecule has 26 heavy (non-hydrogen) atoms. The van der Waals surface area contributed by atoms with Gasteiger partial charge in [-0.25, -0.2) is 8.42 Å². The van der Waals surface area contributed by atoms with E-state index in [4.69, 9.17) is 23.7 Å². The number of aliphatic hydroxyl groups excluding tert-OH is 3. The number of rotatable bonds is 6. The summed E-state index contributed by atoms with van der Waals surface area (Å²) in [5.74, 6) is 0. The third-order valence-electron chi connectivity index (χ3n) is 4.24. The lowest BCUT2D eigenvalue weighted by Crippen LogP contribution is -2.62. The Kier molecular flexibility index (Phi) is 7.31. The fraction of sp³-hybridized carbons (Fsp3) is 1.00. The van der Waals surface area contributed by atoms with E-state index in [2.05, 4.69) is 4.18 Å². The van der Waals surface area contributed by atoms with Gasteiger partial charge in [0.2, 0.25) is 10.4 Å². The Labute approximate surface area is 150 Å². The second-order valence-electron chi connectivity index (χ2n) is 5.96. The first-order valence-corrected chi connectivity index (χ1v) is 9.08. The highest BCUT2D eigenvalue weighted by atomic mass is 32.3. The van der Waals surface area contributed by atoms with Gasteiger partial charge in [0.05, 0.1) is 12.7 Å². The summed E-state index contributed by atoms with van der Waals surface area (Å²) in [6.07, 6.45) is -11.9. The van der Waals surface area contributed by atoms with Crippen molar-refractivity contribution in [2.24, 2.45) is 0 Å². The number of aliphatic hydroxyl groups is 3. The van der Waals surface area contributed by atoms with Gasteiger partial charge in [0.15, 0.2) is 12.6 Å². The number of hydrogen-bond donors (Lipinski definition) is 3. The molecule has 0 aromatic rings. The molecule has 2 rings (SSSR count). The van der Waals surface area contributed by atoms with Gasteiger partial charge in [-0.05, 0) is 6.92 Å². The molecule has 9 unspecified atom stereocenters. The summed E-state index contributed by atoms with van der Waals surface area (Å²) in [7, 11) is -2.66. The van der Waals surface area contributed by atoms with Gasteiger partial charge in [0, 0.05) is 14.2 Å². The summed E-state index contributed by atoms with van der Waals surface area (Å²) in [5.41, 5.74) is 0. The maximum Gasteiger partial charge on any atom is 0.218 e. The largest absolute Gasteiger partial charge is 0.726 e. The third-order valence-corrected chi connectivity index (χ3v) is 4.70. The lowest BCUT2D eigenvalue weighted by atomic mass is 9.99. The van der Waals surface area contributed by atoms with Gasteiger partial charge >= 0.3 is 0 Å². The van der Waals surface area contributed by atoms with E-state index in [1.54, 1.807) is 0 Å². The van der Waals surface area contributed by atoms with E-state index in [1.807, 2.05) is 0 Å². The van der Waals surface area contributed by atoms with Gasteiger partial charge in [0.1, 0.15) is 36.6 Å². The van der Waals surface area contributed by atoms with Crippen molar-refractivity contribution in [1.29, 1.82) is 0 Å². The summed E-state index contributed by atoms with van der Waals surface area (Å²) in [5, 5.41) is 30.3. The van der Waals surface area contributed by atoms with Gasteiger partial charge in [-0.1, -0.05) is 0 Å². The lowest BCUT2D eigenvalue weighted by molar-refractivity contribution is -0.338. The van der Waals surface area contributed by atoms with E-state index in [0.717, 1.165) is 0 Å². The van der Waals surface area contributed by atoms with Crippen LogP contribution in [0, 0.1) is 0 Å². The average molecular weight is 403 g/mol. The Hall–Kier alpha value is -0.450. The molecular weight excluding hydrogens is 380 g/mol. The first-order chi connectivity index (χ1) is 12.1. The molecular formula is C13H23O12S-. The van der Waals surface area contributed by atoms with Crippen LogP contribution in [-0.2, 0) is 38.3 Å². The highest BCUT2D eigenvalue weighted by Gasteiger charge is 2.49. The Morgan fingerprint density at radius 2 is 1.65 bits per heavy atom. The second kappa shape index (κ2) is 8.70. The molecule has 0 aliphatic carbocycles. The Bertz CT molecular complexity index is 555. The third kappa shape index (κ3) is 4.88. The summed E-state index contributed by atoms with van der Waals surface area (Å²) in [6.45, 7) is 1.34. The predicted molar refractivity (Wildman–Crippen MR) is 79.3 cm³/mol. The van der Waals surface area contributed by atoms with E-state index in [1.165, 1.54) is 21.1 Å². The monoisotopic (exact) mass is 403 g/mol. The molecule has 2 heterocycles. The SMILES string of the molecule is COC1COC(OC2C(C)OC(OC)C(O)C2OS(=O)(=O)[O-])C(O)C1O. The summed E-state index contributed by atoms with van der Waals surface area (Å²) < 4.78 is 63.4. The van der Waals surface area contributed by atoms with Crippen molar-refractivity contribution in [3.63, 3.8) is 0 Å². The summed E-state index contributed by atoms with van der Waals surface area (Å²) in [6, 6.07) is 0. The molecule has 2 saturated heterocycles. The van der Waals surface area contributed by atoms with Crippen molar-refractivity contribution in [1.82, 2.24) is 0 Å². The van der Waals surface area contributed by atoms with Crippen LogP contribution < -0.4 is 0 Å². The van der Waals surface area contributed by atoms with Crippen LogP contribution in [0.3, 0.4) is 0 Å². The molecule has 2 aliphatic heterocycles. The minimum Gasteiger partial charge on any atom is -0.726 e. The number of ether oxygens (including phenoxy) is 5. The summed E-state index contributed by atoms with van der Waals surface area (Å²) in [4.78, 5) is 0. The van der Waals surface area contributed by atoms with Crippen LogP contribution in [0.2, 0.25) is 0 Å². The molecule has 0 aromatic carbocycles. The summed E-state index contributed by atoms with van der Waals surface area (Å²) >= 11 is 0. The van der Waals surface area contributed by atoms with Crippen LogP contribution in [0.1, 0.15) is 6.92 Å². The maximum absolute atomic E-state index is 11.0. The Morgan fingerprint density at radius 1 is 1.00 bits per heavy atom. The van der Waals surface area contributed by atoms with E-state index in [0.29, 0.717) is 0 Å². The molecule has 3 N–H and O–H groups in total. The van der Waals surface area contributed by atoms with Crippen LogP contribution in [-0.4, -0.2) is 104 Å². The van der Waals surface area contributed by atoms with Crippen molar-refractivity contribution in [3.05, 3.63) is 0 Å². The smallest absolute Gasteiger partial charge is 0.218 e. The first-order valence-electron chi connectivity index (χ1n) is 7.75. The number of methoxy groups -OCH3 is 2. The van der Waals surface area contributed by atoms with Crippen molar-refractivity contribution >= 4 is 10.4 Å². The molecule has 2 fully saturated rings. The molecule has 0 saturated carbocycles. The topological polar surface area (TPSA) is 173 Å². The zero-order valence-electron chi connectivity index (χ0n) is 14.3. The molecule has 0 radical (unpaired) electrons. The molecule has 0 aromatic heterocycles. The fourth-order valence-electron chi connectivity index (χ4n) is 2.87. The molecule has 0 bridgehead atoms. The van der Waals surface area contributed by atoms with Crippen molar-refractivity contribution in [2.75, 3.05) is 20.8 Å². The average Bonchev–Trinajstić information content (AvgIpc) is 2.56. The van der Waals surface area contributed by atoms with Crippen LogP contribution in [0.5, 0.6) is 0 Å². The van der Waals surface area contributed by atoms with E-state index in [-0.39, 0.29) is 6.61 Å². The van der Waals surface area contributed by atoms with E-state index in [9.17, 15) is 28.3 Å². The molecule has 154 valence electrons. The molecule has 0 spiro atoms. The Morgan fingerprint density at radius 3 is 2.19 bits per heavy atom. The highest BCUT2D eigenvalue weighted by molar-refractivity contribution is 7.80. The van der Waals surface area contributed by atoms with E-state index >= 15 is 0 Å². The Balaban J connectivity index is 2.18.